The van der Waals surface area contributed by atoms with Gasteiger partial charge in [0.25, 0.3) is 0 Å². The fraction of sp³-hybridized carbons (Fsp3) is 1.00. The van der Waals surface area contributed by atoms with Crippen molar-refractivity contribution in [3.05, 3.63) is 0 Å². The Morgan fingerprint density at radius 3 is 2.75 bits per heavy atom. The second-order valence-electron chi connectivity index (χ2n) is 1.30. The molecule has 0 spiro atoms. The molecule has 0 bridgehead atoms. The predicted octanol–water partition coefficient (Wildman–Crippen LogP) is -0.768. The van der Waals surface area contributed by atoms with E-state index in [2.05, 4.69) is 4.84 Å². The molecule has 0 saturated heterocycles. The monoisotopic (exact) mass is 121 g/mol. The Hall–Kier alpha value is -0.160. The molecule has 1 atom stereocenters. The summed E-state index contributed by atoms with van der Waals surface area (Å²) in [6, 6.07) is 0. The van der Waals surface area contributed by atoms with Crippen LogP contribution in [0.5, 0.6) is 0 Å². The minimum Gasteiger partial charge on any atom is -0.394 e. The number of aliphatic hydroxyl groups is 1. The van der Waals surface area contributed by atoms with Crippen molar-refractivity contribution in [2.24, 2.45) is 5.90 Å². The minimum absolute atomic E-state index is 0.00625. The number of ether oxygens (including phenoxy) is 1. The average molecular weight is 121 g/mol. The molecular weight excluding hydrogens is 110 g/mol. The van der Waals surface area contributed by atoms with Crippen LogP contribution in [0.2, 0.25) is 0 Å². The number of aliphatic hydroxyl groups excluding tert-OH is 1. The summed E-state index contributed by atoms with van der Waals surface area (Å²) in [6.45, 7) is 1.90. The van der Waals surface area contributed by atoms with E-state index in [1.165, 1.54) is 0 Å². The molecule has 0 aromatic carbocycles. The first-order valence-corrected chi connectivity index (χ1v) is 2.39. The zero-order valence-electron chi connectivity index (χ0n) is 4.83. The SMILES string of the molecule is CC(ON)OCCO. The van der Waals surface area contributed by atoms with Gasteiger partial charge in [0.2, 0.25) is 0 Å². The largest absolute Gasteiger partial charge is 0.394 e. The van der Waals surface area contributed by atoms with Crippen LogP contribution in [-0.4, -0.2) is 24.6 Å². The van der Waals surface area contributed by atoms with Crippen molar-refractivity contribution in [2.75, 3.05) is 13.2 Å². The van der Waals surface area contributed by atoms with Crippen LogP contribution >= 0.6 is 0 Å². The summed E-state index contributed by atoms with van der Waals surface area (Å²) in [7, 11) is 0. The third kappa shape index (κ3) is 4.01. The van der Waals surface area contributed by atoms with E-state index in [1.807, 2.05) is 0 Å². The van der Waals surface area contributed by atoms with Crippen LogP contribution in [0.25, 0.3) is 0 Å². The van der Waals surface area contributed by atoms with Gasteiger partial charge in [-0.25, -0.2) is 5.90 Å². The van der Waals surface area contributed by atoms with Crippen LogP contribution in [0.15, 0.2) is 0 Å². The molecular formula is C4H11NO3. The van der Waals surface area contributed by atoms with Crippen molar-refractivity contribution in [2.45, 2.75) is 13.2 Å². The lowest BCUT2D eigenvalue weighted by atomic mass is 10.7. The van der Waals surface area contributed by atoms with Gasteiger partial charge in [-0.3, -0.25) is 4.84 Å². The van der Waals surface area contributed by atoms with Crippen molar-refractivity contribution in [1.29, 1.82) is 0 Å². The minimum atomic E-state index is -0.429. The van der Waals surface area contributed by atoms with Crippen LogP contribution in [0, 0.1) is 0 Å². The van der Waals surface area contributed by atoms with Crippen LogP contribution in [0.4, 0.5) is 0 Å². The Balaban J connectivity index is 2.86. The molecule has 0 radical (unpaired) electrons. The highest BCUT2D eigenvalue weighted by molar-refractivity contribution is 4.26. The summed E-state index contributed by atoms with van der Waals surface area (Å²) in [5.41, 5.74) is 0. The average Bonchev–Trinajstić information content (AvgIpc) is 1.83. The first-order chi connectivity index (χ1) is 3.81. The summed E-state index contributed by atoms with van der Waals surface area (Å²) in [5, 5.41) is 8.19. The highest BCUT2D eigenvalue weighted by atomic mass is 16.7. The zero-order chi connectivity index (χ0) is 6.41. The van der Waals surface area contributed by atoms with Crippen molar-refractivity contribution in [3.8, 4) is 0 Å². The van der Waals surface area contributed by atoms with E-state index in [0.717, 1.165) is 0 Å². The van der Waals surface area contributed by atoms with Crippen LogP contribution in [-0.2, 0) is 9.57 Å². The fourth-order valence-corrected chi connectivity index (χ4v) is 0.258. The van der Waals surface area contributed by atoms with E-state index >= 15 is 0 Å². The molecule has 0 aliphatic rings. The molecule has 0 aromatic rings. The number of rotatable bonds is 4. The van der Waals surface area contributed by atoms with Crippen molar-refractivity contribution < 1.29 is 14.7 Å². The van der Waals surface area contributed by atoms with Gasteiger partial charge in [-0.15, -0.1) is 0 Å². The molecule has 4 nitrogen and oxygen atoms in total. The Morgan fingerprint density at radius 2 is 2.38 bits per heavy atom. The van der Waals surface area contributed by atoms with E-state index in [1.54, 1.807) is 6.92 Å². The predicted molar refractivity (Wildman–Crippen MR) is 27.8 cm³/mol. The molecule has 0 aliphatic carbocycles. The normalized spacial score (nSPS) is 13.9. The molecule has 0 amide bonds. The molecule has 8 heavy (non-hydrogen) atoms. The van der Waals surface area contributed by atoms with Gasteiger partial charge in [0, 0.05) is 0 Å². The van der Waals surface area contributed by atoms with Crippen LogP contribution in [0.3, 0.4) is 0 Å². The molecule has 0 fully saturated rings. The Kier molecular flexibility index (Phi) is 4.89. The van der Waals surface area contributed by atoms with Gasteiger partial charge in [-0.05, 0) is 6.92 Å². The molecule has 0 rings (SSSR count). The maximum absolute atomic E-state index is 8.19. The summed E-state index contributed by atoms with van der Waals surface area (Å²) in [4.78, 5) is 4.22. The van der Waals surface area contributed by atoms with Gasteiger partial charge in [0.1, 0.15) is 0 Å². The Morgan fingerprint density at radius 1 is 1.75 bits per heavy atom. The quantitative estimate of drug-likeness (QED) is 0.378. The van der Waals surface area contributed by atoms with Gasteiger partial charge in [-0.2, -0.15) is 0 Å². The first kappa shape index (κ1) is 7.84. The van der Waals surface area contributed by atoms with E-state index in [9.17, 15) is 0 Å². The van der Waals surface area contributed by atoms with E-state index in [0.29, 0.717) is 0 Å². The van der Waals surface area contributed by atoms with Crippen molar-refractivity contribution in [3.63, 3.8) is 0 Å². The van der Waals surface area contributed by atoms with Gasteiger partial charge in [0.05, 0.1) is 13.2 Å². The zero-order valence-corrected chi connectivity index (χ0v) is 4.83. The molecule has 0 saturated carbocycles. The number of hydrogen-bond acceptors (Lipinski definition) is 4. The summed E-state index contributed by atoms with van der Waals surface area (Å²) >= 11 is 0. The third-order valence-corrected chi connectivity index (χ3v) is 0.635. The lowest BCUT2D eigenvalue weighted by Gasteiger charge is -2.07. The molecule has 3 N–H and O–H groups in total. The lowest BCUT2D eigenvalue weighted by Crippen LogP contribution is -2.18. The van der Waals surface area contributed by atoms with Crippen molar-refractivity contribution >= 4 is 0 Å². The molecule has 1 unspecified atom stereocenters. The Bertz CT molecular complexity index is 50.5. The summed E-state index contributed by atoms with van der Waals surface area (Å²) in [5.74, 6) is 4.71. The molecule has 0 aliphatic heterocycles. The van der Waals surface area contributed by atoms with Crippen LogP contribution in [0.1, 0.15) is 6.92 Å². The lowest BCUT2D eigenvalue weighted by molar-refractivity contribution is -0.138. The molecule has 50 valence electrons. The maximum atomic E-state index is 8.19. The number of hydrogen-bond donors (Lipinski definition) is 2. The van der Waals surface area contributed by atoms with E-state index in [-0.39, 0.29) is 13.2 Å². The van der Waals surface area contributed by atoms with Crippen LogP contribution < -0.4 is 5.90 Å². The number of nitrogens with two attached hydrogens (primary N) is 1. The van der Waals surface area contributed by atoms with Gasteiger partial charge in [0.15, 0.2) is 6.29 Å². The summed E-state index contributed by atoms with van der Waals surface area (Å²) < 4.78 is 4.74. The summed E-state index contributed by atoms with van der Waals surface area (Å²) in [6.07, 6.45) is -0.429. The van der Waals surface area contributed by atoms with E-state index in [4.69, 9.17) is 15.7 Å². The smallest absolute Gasteiger partial charge is 0.174 e. The maximum Gasteiger partial charge on any atom is 0.174 e. The van der Waals surface area contributed by atoms with Gasteiger partial charge < -0.3 is 9.84 Å². The highest BCUT2D eigenvalue weighted by Gasteiger charge is 1.95. The standard InChI is InChI=1S/C4H11NO3/c1-4(8-5)7-3-2-6/h4,6H,2-3,5H2,1H3. The molecule has 0 aromatic heterocycles. The third-order valence-electron chi connectivity index (χ3n) is 0.635. The van der Waals surface area contributed by atoms with Gasteiger partial charge in [-0.1, -0.05) is 0 Å². The molecule has 4 heteroatoms. The van der Waals surface area contributed by atoms with Gasteiger partial charge >= 0.3 is 0 Å². The second kappa shape index (κ2) is 4.99. The van der Waals surface area contributed by atoms with Crippen molar-refractivity contribution in [1.82, 2.24) is 0 Å². The second-order valence-corrected chi connectivity index (χ2v) is 1.30. The topological polar surface area (TPSA) is 64.7 Å². The molecule has 0 heterocycles. The fourth-order valence-electron chi connectivity index (χ4n) is 0.258. The highest BCUT2D eigenvalue weighted by Crippen LogP contribution is 1.85. The first-order valence-electron chi connectivity index (χ1n) is 2.39. The Labute approximate surface area is 48.1 Å². The van der Waals surface area contributed by atoms with E-state index < -0.39 is 6.29 Å².